The highest BCUT2D eigenvalue weighted by Gasteiger charge is 2.43. The number of imide groups is 1. The van der Waals surface area contributed by atoms with Crippen LogP contribution in [0.25, 0.3) is 0 Å². The van der Waals surface area contributed by atoms with Crippen molar-refractivity contribution in [3.8, 4) is 0 Å². The number of hydrogen-bond donors (Lipinski definition) is 1. The number of amides is 4. The lowest BCUT2D eigenvalue weighted by molar-refractivity contribution is -0.121. The first-order valence-corrected chi connectivity index (χ1v) is 10.5. The Morgan fingerprint density at radius 1 is 1.17 bits per heavy atom. The van der Waals surface area contributed by atoms with E-state index in [1.165, 1.54) is 0 Å². The molecule has 156 valence electrons. The van der Waals surface area contributed by atoms with Crippen LogP contribution in [0.4, 0.5) is 10.5 Å². The van der Waals surface area contributed by atoms with Crippen molar-refractivity contribution in [2.75, 3.05) is 11.4 Å². The number of benzene rings is 2. The zero-order valence-electron chi connectivity index (χ0n) is 16.4. The molecule has 1 fully saturated rings. The second kappa shape index (κ2) is 7.93. The highest BCUT2D eigenvalue weighted by molar-refractivity contribution is 6.35. The minimum Gasteiger partial charge on any atom is -0.369 e. The molecule has 0 bridgehead atoms. The number of halogens is 2. The number of primary amides is 1. The number of anilines is 1. The van der Waals surface area contributed by atoms with Crippen molar-refractivity contribution in [1.82, 2.24) is 4.90 Å². The summed E-state index contributed by atoms with van der Waals surface area (Å²) in [7, 11) is 0. The van der Waals surface area contributed by atoms with Gasteiger partial charge >= 0.3 is 6.03 Å². The lowest BCUT2D eigenvalue weighted by atomic mass is 9.97. The summed E-state index contributed by atoms with van der Waals surface area (Å²) in [5, 5.41) is 0.723. The smallest absolute Gasteiger partial charge is 0.332 e. The number of nitrogens with two attached hydrogens (primary N) is 1. The van der Waals surface area contributed by atoms with Crippen LogP contribution in [0.1, 0.15) is 36.1 Å². The monoisotopic (exact) mass is 445 g/mol. The summed E-state index contributed by atoms with van der Waals surface area (Å²) >= 11 is 12.1. The maximum Gasteiger partial charge on any atom is 0.332 e. The Hall–Kier alpha value is -2.57. The molecule has 30 heavy (non-hydrogen) atoms. The molecule has 2 atom stereocenters. The summed E-state index contributed by atoms with van der Waals surface area (Å²) in [6.07, 6.45) is 2.13. The minimum atomic E-state index is -0.373. The molecule has 0 radical (unpaired) electrons. The zero-order chi connectivity index (χ0) is 21.6. The number of carbonyl (C=O) groups is 3. The van der Waals surface area contributed by atoms with Gasteiger partial charge in [-0.25, -0.2) is 9.69 Å². The summed E-state index contributed by atoms with van der Waals surface area (Å²) < 4.78 is 0. The van der Waals surface area contributed by atoms with Gasteiger partial charge in [0.05, 0.1) is 11.7 Å². The molecule has 1 aliphatic heterocycles. The molecule has 2 unspecified atom stereocenters. The summed E-state index contributed by atoms with van der Waals surface area (Å²) in [6.45, 7) is 1.82. The fourth-order valence-electron chi connectivity index (χ4n) is 4.24. The number of aryl methyl sites for hydroxylation is 1. The summed E-state index contributed by atoms with van der Waals surface area (Å²) in [5.74, 6) is -0.870. The van der Waals surface area contributed by atoms with Gasteiger partial charge in [-0.2, -0.15) is 0 Å². The average Bonchev–Trinajstić information content (AvgIpc) is 3.20. The van der Waals surface area contributed by atoms with Gasteiger partial charge in [-0.3, -0.25) is 9.59 Å². The quantitative estimate of drug-likeness (QED) is 0.702. The Bertz CT molecular complexity index is 1040. The summed E-state index contributed by atoms with van der Waals surface area (Å²) in [4.78, 5) is 39.9. The van der Waals surface area contributed by atoms with Crippen LogP contribution in [0.2, 0.25) is 10.0 Å². The maximum absolute atomic E-state index is 13.1. The first kappa shape index (κ1) is 20.7. The molecule has 1 aliphatic carbocycles. The topological polar surface area (TPSA) is 83.7 Å². The van der Waals surface area contributed by atoms with E-state index in [9.17, 15) is 14.4 Å². The number of urea groups is 1. The minimum absolute atomic E-state index is 0.00747. The summed E-state index contributed by atoms with van der Waals surface area (Å²) in [5.41, 5.74) is 8.97. The molecule has 2 aromatic rings. The molecule has 1 saturated heterocycles. The first-order chi connectivity index (χ1) is 14.2. The van der Waals surface area contributed by atoms with Crippen LogP contribution in [0, 0.1) is 5.92 Å². The van der Waals surface area contributed by atoms with E-state index >= 15 is 0 Å². The van der Waals surface area contributed by atoms with Gasteiger partial charge in [0, 0.05) is 16.0 Å². The molecule has 6 nitrogen and oxygen atoms in total. The van der Waals surface area contributed by atoms with E-state index in [2.05, 4.69) is 6.07 Å². The van der Waals surface area contributed by atoms with E-state index in [4.69, 9.17) is 28.9 Å². The third kappa shape index (κ3) is 3.77. The van der Waals surface area contributed by atoms with Gasteiger partial charge in [-0.05, 0) is 54.2 Å². The molecule has 4 rings (SSSR count). The number of carbonyl (C=O) groups excluding carboxylic acids is 3. The van der Waals surface area contributed by atoms with Crippen LogP contribution in [-0.2, 0) is 22.4 Å². The van der Waals surface area contributed by atoms with Crippen LogP contribution < -0.4 is 10.6 Å². The predicted octanol–water partition coefficient (Wildman–Crippen LogP) is 4.11. The SMILES string of the molecule is CC(Cc1ccc2c(c1)CCC2N1CC(=O)N(c2cc(Cl)cc(Cl)c2)C1=O)C(N)=O. The molecule has 2 aliphatic rings. The molecule has 0 spiro atoms. The zero-order valence-corrected chi connectivity index (χ0v) is 17.9. The van der Waals surface area contributed by atoms with Gasteiger partial charge in [0.15, 0.2) is 0 Å². The Morgan fingerprint density at radius 3 is 2.53 bits per heavy atom. The van der Waals surface area contributed by atoms with Crippen LogP contribution >= 0.6 is 23.2 Å². The lowest BCUT2D eigenvalue weighted by Gasteiger charge is -2.24. The highest BCUT2D eigenvalue weighted by atomic mass is 35.5. The van der Waals surface area contributed by atoms with Gasteiger partial charge in [0.1, 0.15) is 6.54 Å². The van der Waals surface area contributed by atoms with E-state index in [-0.39, 0.29) is 36.3 Å². The van der Waals surface area contributed by atoms with Crippen molar-refractivity contribution < 1.29 is 14.4 Å². The van der Waals surface area contributed by atoms with Crippen molar-refractivity contribution in [2.24, 2.45) is 11.7 Å². The van der Waals surface area contributed by atoms with E-state index in [0.29, 0.717) is 22.2 Å². The lowest BCUT2D eigenvalue weighted by Crippen LogP contribution is -2.34. The molecule has 0 saturated carbocycles. The van der Waals surface area contributed by atoms with E-state index < -0.39 is 0 Å². The third-order valence-electron chi connectivity index (χ3n) is 5.75. The van der Waals surface area contributed by atoms with E-state index in [1.807, 2.05) is 19.1 Å². The Morgan fingerprint density at radius 2 is 1.87 bits per heavy atom. The number of hydrogen-bond acceptors (Lipinski definition) is 3. The molecule has 0 aromatic heterocycles. The number of fused-ring (bicyclic) bond motifs is 1. The Kier molecular flexibility index (Phi) is 5.47. The first-order valence-electron chi connectivity index (χ1n) is 9.75. The second-order valence-corrected chi connectivity index (χ2v) is 8.74. The van der Waals surface area contributed by atoms with Crippen LogP contribution in [0.5, 0.6) is 0 Å². The summed E-state index contributed by atoms with van der Waals surface area (Å²) in [6, 6.07) is 10.2. The fraction of sp³-hybridized carbons (Fsp3) is 0.318. The van der Waals surface area contributed by atoms with Gasteiger partial charge in [-0.15, -0.1) is 0 Å². The molecule has 2 aromatic carbocycles. The van der Waals surface area contributed by atoms with Crippen molar-refractivity contribution in [2.45, 2.75) is 32.2 Å². The van der Waals surface area contributed by atoms with E-state index in [0.717, 1.165) is 34.4 Å². The Labute approximate surface area is 184 Å². The molecule has 8 heteroatoms. The van der Waals surface area contributed by atoms with Crippen molar-refractivity contribution in [3.05, 3.63) is 63.1 Å². The normalized spacial score (nSPS) is 19.4. The van der Waals surface area contributed by atoms with Crippen LogP contribution in [0.3, 0.4) is 0 Å². The number of rotatable bonds is 5. The molecule has 1 heterocycles. The van der Waals surface area contributed by atoms with Crippen molar-refractivity contribution >= 4 is 46.7 Å². The predicted molar refractivity (Wildman–Crippen MR) is 116 cm³/mol. The van der Waals surface area contributed by atoms with E-state index in [1.54, 1.807) is 23.1 Å². The van der Waals surface area contributed by atoms with Gasteiger partial charge < -0.3 is 10.6 Å². The van der Waals surface area contributed by atoms with Crippen LogP contribution in [-0.4, -0.2) is 29.3 Å². The van der Waals surface area contributed by atoms with Crippen molar-refractivity contribution in [1.29, 1.82) is 0 Å². The average molecular weight is 446 g/mol. The molecular formula is C22H21Cl2N3O3. The van der Waals surface area contributed by atoms with Gasteiger partial charge in [-0.1, -0.05) is 48.3 Å². The standard InChI is InChI=1S/C22H21Cl2N3O3/c1-12(21(25)29)6-13-2-4-18-14(7-13)3-5-19(18)26-11-20(28)27(22(26)30)17-9-15(23)8-16(24)10-17/h2,4,7-10,12,19H,3,5-6,11H2,1H3,(H2,25,29). The van der Waals surface area contributed by atoms with Gasteiger partial charge in [0.2, 0.25) is 5.91 Å². The largest absolute Gasteiger partial charge is 0.369 e. The maximum atomic E-state index is 13.1. The fourth-order valence-corrected chi connectivity index (χ4v) is 4.75. The molecule has 2 N–H and O–H groups in total. The Balaban J connectivity index is 1.57. The van der Waals surface area contributed by atoms with Crippen LogP contribution in [0.15, 0.2) is 36.4 Å². The van der Waals surface area contributed by atoms with Crippen molar-refractivity contribution in [3.63, 3.8) is 0 Å². The molecular weight excluding hydrogens is 425 g/mol. The third-order valence-corrected chi connectivity index (χ3v) is 6.19. The van der Waals surface area contributed by atoms with Gasteiger partial charge in [0.25, 0.3) is 5.91 Å². The highest BCUT2D eigenvalue weighted by Crippen LogP contribution is 2.39. The second-order valence-electron chi connectivity index (χ2n) is 7.86. The molecule has 4 amide bonds. The number of nitrogens with zero attached hydrogens (tertiary/aromatic N) is 2.